The highest BCUT2D eigenvalue weighted by molar-refractivity contribution is 5.75. The van der Waals surface area contributed by atoms with E-state index in [1.807, 2.05) is 42.5 Å². The Labute approximate surface area is 154 Å². The Hall–Kier alpha value is -2.59. The Kier molecular flexibility index (Phi) is 6.45. The fourth-order valence-corrected chi connectivity index (χ4v) is 3.18. The van der Waals surface area contributed by atoms with E-state index < -0.39 is 0 Å². The van der Waals surface area contributed by atoms with E-state index in [0.29, 0.717) is 6.61 Å². The van der Waals surface area contributed by atoms with Gasteiger partial charge in [-0.2, -0.15) is 0 Å². The van der Waals surface area contributed by atoms with Crippen molar-refractivity contribution in [3.8, 4) is 5.75 Å². The first-order valence-electron chi connectivity index (χ1n) is 9.20. The molecule has 0 fully saturated rings. The zero-order chi connectivity index (χ0) is 18.2. The van der Waals surface area contributed by atoms with Crippen LogP contribution in [0.5, 0.6) is 5.75 Å². The summed E-state index contributed by atoms with van der Waals surface area (Å²) in [6.07, 6.45) is 5.12. The molecule has 0 spiro atoms. The SMILES string of the molecule is C=CCc1ccccc1OCCCn1c(CCCO)nc2ccccc21. The van der Waals surface area contributed by atoms with Crippen molar-refractivity contribution in [2.75, 3.05) is 13.2 Å². The number of hydrogen-bond donors (Lipinski definition) is 1. The summed E-state index contributed by atoms with van der Waals surface area (Å²) in [5, 5.41) is 9.14. The maximum Gasteiger partial charge on any atom is 0.122 e. The molecule has 136 valence electrons. The molecular weight excluding hydrogens is 324 g/mol. The lowest BCUT2D eigenvalue weighted by Gasteiger charge is -2.12. The number of rotatable bonds is 10. The lowest BCUT2D eigenvalue weighted by atomic mass is 10.1. The summed E-state index contributed by atoms with van der Waals surface area (Å²) in [7, 11) is 0. The number of fused-ring (bicyclic) bond motifs is 1. The van der Waals surface area contributed by atoms with Gasteiger partial charge < -0.3 is 14.4 Å². The summed E-state index contributed by atoms with van der Waals surface area (Å²) < 4.78 is 8.25. The van der Waals surface area contributed by atoms with Crippen molar-refractivity contribution >= 4 is 11.0 Å². The van der Waals surface area contributed by atoms with Crippen LogP contribution in [0, 0.1) is 0 Å². The van der Waals surface area contributed by atoms with E-state index in [1.54, 1.807) is 0 Å². The third-order valence-corrected chi connectivity index (χ3v) is 4.41. The number of benzene rings is 2. The van der Waals surface area contributed by atoms with Crippen LogP contribution in [0.3, 0.4) is 0 Å². The van der Waals surface area contributed by atoms with Gasteiger partial charge in [0.25, 0.3) is 0 Å². The summed E-state index contributed by atoms with van der Waals surface area (Å²) in [5.41, 5.74) is 3.32. The van der Waals surface area contributed by atoms with Crippen LogP contribution >= 0.6 is 0 Å². The molecule has 0 atom stereocenters. The second kappa shape index (κ2) is 9.20. The molecule has 2 aromatic carbocycles. The van der Waals surface area contributed by atoms with Crippen LogP contribution in [0.2, 0.25) is 0 Å². The number of aliphatic hydroxyl groups is 1. The van der Waals surface area contributed by atoms with Crippen molar-refractivity contribution in [2.24, 2.45) is 0 Å². The molecule has 0 saturated heterocycles. The summed E-state index contributed by atoms with van der Waals surface area (Å²) in [6.45, 7) is 5.50. The van der Waals surface area contributed by atoms with Gasteiger partial charge in [-0.1, -0.05) is 36.4 Å². The molecule has 0 radical (unpaired) electrons. The van der Waals surface area contributed by atoms with E-state index in [0.717, 1.165) is 54.8 Å². The molecule has 0 aliphatic rings. The minimum atomic E-state index is 0.187. The number of allylic oxidation sites excluding steroid dienone is 1. The fourth-order valence-electron chi connectivity index (χ4n) is 3.18. The molecule has 1 aromatic heterocycles. The molecule has 0 aliphatic carbocycles. The molecule has 1 N–H and O–H groups in total. The monoisotopic (exact) mass is 350 g/mol. The molecule has 4 nitrogen and oxygen atoms in total. The van der Waals surface area contributed by atoms with Crippen LogP contribution in [0.25, 0.3) is 11.0 Å². The molecule has 3 rings (SSSR count). The Morgan fingerprint density at radius 2 is 1.88 bits per heavy atom. The van der Waals surface area contributed by atoms with Crippen molar-refractivity contribution in [3.05, 3.63) is 72.6 Å². The van der Waals surface area contributed by atoms with Crippen molar-refractivity contribution in [1.82, 2.24) is 9.55 Å². The number of aliphatic hydroxyl groups excluding tert-OH is 1. The predicted molar refractivity (Wildman–Crippen MR) is 106 cm³/mol. The highest BCUT2D eigenvalue weighted by atomic mass is 16.5. The van der Waals surface area contributed by atoms with Gasteiger partial charge in [-0.05, 0) is 43.0 Å². The number of ether oxygens (including phenoxy) is 1. The van der Waals surface area contributed by atoms with E-state index >= 15 is 0 Å². The van der Waals surface area contributed by atoms with Gasteiger partial charge in [0.2, 0.25) is 0 Å². The third kappa shape index (κ3) is 4.33. The third-order valence-electron chi connectivity index (χ3n) is 4.41. The lowest BCUT2D eigenvalue weighted by molar-refractivity contribution is 0.285. The number of aryl methyl sites for hydroxylation is 2. The number of para-hydroxylation sites is 3. The first kappa shape index (κ1) is 18.2. The molecule has 0 saturated carbocycles. The van der Waals surface area contributed by atoms with E-state index in [9.17, 15) is 0 Å². The lowest BCUT2D eigenvalue weighted by Crippen LogP contribution is -2.09. The van der Waals surface area contributed by atoms with E-state index in [2.05, 4.69) is 23.3 Å². The average Bonchev–Trinajstić information content (AvgIpc) is 3.02. The molecule has 0 aliphatic heterocycles. The van der Waals surface area contributed by atoms with Crippen LogP contribution < -0.4 is 4.74 Å². The van der Waals surface area contributed by atoms with Gasteiger partial charge in [-0.3, -0.25) is 0 Å². The van der Waals surface area contributed by atoms with E-state index in [-0.39, 0.29) is 6.61 Å². The molecule has 0 unspecified atom stereocenters. The van der Waals surface area contributed by atoms with E-state index in [1.165, 1.54) is 5.56 Å². The maximum atomic E-state index is 9.14. The molecule has 1 heterocycles. The normalized spacial score (nSPS) is 11.0. The summed E-state index contributed by atoms with van der Waals surface area (Å²) >= 11 is 0. The quantitative estimate of drug-likeness (QED) is 0.441. The predicted octanol–water partition coefficient (Wildman–Crippen LogP) is 4.16. The van der Waals surface area contributed by atoms with Crippen molar-refractivity contribution < 1.29 is 9.84 Å². The van der Waals surface area contributed by atoms with Crippen LogP contribution in [0.15, 0.2) is 61.2 Å². The number of hydrogen-bond acceptors (Lipinski definition) is 3. The number of nitrogens with zero attached hydrogens (tertiary/aromatic N) is 2. The molecule has 0 bridgehead atoms. The van der Waals surface area contributed by atoms with Gasteiger partial charge in [-0.25, -0.2) is 4.98 Å². The zero-order valence-electron chi connectivity index (χ0n) is 15.1. The highest BCUT2D eigenvalue weighted by Crippen LogP contribution is 2.20. The van der Waals surface area contributed by atoms with Crippen molar-refractivity contribution in [1.29, 1.82) is 0 Å². The Morgan fingerprint density at radius 3 is 2.73 bits per heavy atom. The smallest absolute Gasteiger partial charge is 0.122 e. The van der Waals surface area contributed by atoms with Gasteiger partial charge in [0, 0.05) is 19.6 Å². The Balaban J connectivity index is 1.65. The summed E-state index contributed by atoms with van der Waals surface area (Å²) in [4.78, 5) is 4.73. The first-order valence-corrected chi connectivity index (χ1v) is 9.20. The standard InChI is InChI=1S/C22H26N2O2/c1-2-9-18-10-3-6-13-21(18)26-17-8-15-24-20-12-5-4-11-19(20)23-22(24)14-7-16-25/h2-6,10-13,25H,1,7-9,14-17H2. The molecular formula is C22H26N2O2. The molecule has 0 amide bonds. The molecule has 3 aromatic rings. The topological polar surface area (TPSA) is 47.3 Å². The largest absolute Gasteiger partial charge is 0.493 e. The number of aromatic nitrogens is 2. The Morgan fingerprint density at radius 1 is 1.08 bits per heavy atom. The Bertz CT molecular complexity index is 854. The molecule has 26 heavy (non-hydrogen) atoms. The number of imidazole rings is 1. The minimum Gasteiger partial charge on any atom is -0.493 e. The van der Waals surface area contributed by atoms with Gasteiger partial charge in [0.1, 0.15) is 11.6 Å². The summed E-state index contributed by atoms with van der Waals surface area (Å²) in [6, 6.07) is 16.3. The van der Waals surface area contributed by atoms with Gasteiger partial charge in [0.05, 0.1) is 17.6 Å². The molecule has 4 heteroatoms. The van der Waals surface area contributed by atoms with Crippen molar-refractivity contribution in [2.45, 2.75) is 32.2 Å². The zero-order valence-corrected chi connectivity index (χ0v) is 15.1. The second-order valence-electron chi connectivity index (χ2n) is 6.30. The van der Waals surface area contributed by atoms with Crippen LogP contribution in [0.1, 0.15) is 24.2 Å². The minimum absolute atomic E-state index is 0.187. The second-order valence-corrected chi connectivity index (χ2v) is 6.30. The van der Waals surface area contributed by atoms with Gasteiger partial charge >= 0.3 is 0 Å². The van der Waals surface area contributed by atoms with Gasteiger partial charge in [-0.15, -0.1) is 6.58 Å². The first-order chi connectivity index (χ1) is 12.8. The van der Waals surface area contributed by atoms with Crippen molar-refractivity contribution in [3.63, 3.8) is 0 Å². The highest BCUT2D eigenvalue weighted by Gasteiger charge is 2.10. The van der Waals surface area contributed by atoms with Crippen LogP contribution in [-0.2, 0) is 19.4 Å². The summed E-state index contributed by atoms with van der Waals surface area (Å²) in [5.74, 6) is 1.97. The van der Waals surface area contributed by atoms with E-state index in [4.69, 9.17) is 14.8 Å². The van der Waals surface area contributed by atoms with Crippen LogP contribution in [0.4, 0.5) is 0 Å². The maximum absolute atomic E-state index is 9.14. The van der Waals surface area contributed by atoms with Gasteiger partial charge in [0.15, 0.2) is 0 Å². The fraction of sp³-hybridized carbons (Fsp3) is 0.318. The average molecular weight is 350 g/mol. The van der Waals surface area contributed by atoms with Crippen LogP contribution in [-0.4, -0.2) is 27.9 Å².